The second kappa shape index (κ2) is 8.44. The summed E-state index contributed by atoms with van der Waals surface area (Å²) in [5, 5.41) is 3.42. The van der Waals surface area contributed by atoms with Crippen molar-refractivity contribution in [1.82, 2.24) is 5.32 Å². The Bertz CT molecular complexity index is 379. The standard InChI is InChI=1S/C15H21BrFN/c1-3-5-6-7-15(18-10-4-2)13-9-8-12(16)11-14(13)17/h3,8-9,11,15,18H,1,4-7,10H2,2H3. The number of allylic oxidation sites excluding steroid dienone is 1. The van der Waals surface area contributed by atoms with Crippen LogP contribution in [0.5, 0.6) is 0 Å². The van der Waals surface area contributed by atoms with Crippen LogP contribution in [0, 0.1) is 5.82 Å². The molecule has 0 fully saturated rings. The lowest BCUT2D eigenvalue weighted by atomic mass is 10.00. The molecule has 0 aromatic heterocycles. The SMILES string of the molecule is C=CCCCC(NCCC)c1ccc(Br)cc1F. The maximum Gasteiger partial charge on any atom is 0.129 e. The van der Waals surface area contributed by atoms with Gasteiger partial charge in [-0.05, 0) is 44.4 Å². The summed E-state index contributed by atoms with van der Waals surface area (Å²) in [6.07, 6.45) is 5.90. The van der Waals surface area contributed by atoms with E-state index in [0.29, 0.717) is 0 Å². The highest BCUT2D eigenvalue weighted by molar-refractivity contribution is 9.10. The first-order chi connectivity index (χ1) is 8.69. The smallest absolute Gasteiger partial charge is 0.129 e. The summed E-state index contributed by atoms with van der Waals surface area (Å²) in [6.45, 7) is 6.75. The minimum Gasteiger partial charge on any atom is -0.310 e. The van der Waals surface area contributed by atoms with Crippen molar-refractivity contribution in [3.63, 3.8) is 0 Å². The Kier molecular flexibility index (Phi) is 7.21. The highest BCUT2D eigenvalue weighted by Crippen LogP contribution is 2.25. The highest BCUT2D eigenvalue weighted by Gasteiger charge is 2.14. The molecule has 0 aliphatic rings. The Morgan fingerprint density at radius 3 is 2.89 bits per heavy atom. The van der Waals surface area contributed by atoms with Crippen molar-refractivity contribution >= 4 is 15.9 Å². The normalized spacial score (nSPS) is 12.4. The fourth-order valence-electron chi connectivity index (χ4n) is 1.94. The summed E-state index contributed by atoms with van der Waals surface area (Å²) < 4.78 is 14.7. The predicted octanol–water partition coefficient (Wildman–Crippen LogP) is 4.99. The van der Waals surface area contributed by atoms with Crippen molar-refractivity contribution in [2.24, 2.45) is 0 Å². The predicted molar refractivity (Wildman–Crippen MR) is 79.2 cm³/mol. The molecule has 18 heavy (non-hydrogen) atoms. The van der Waals surface area contributed by atoms with Gasteiger partial charge in [0, 0.05) is 16.1 Å². The molecule has 0 spiro atoms. The molecule has 1 aromatic rings. The lowest BCUT2D eigenvalue weighted by molar-refractivity contribution is 0.463. The molecule has 100 valence electrons. The average Bonchev–Trinajstić information content (AvgIpc) is 2.34. The van der Waals surface area contributed by atoms with Gasteiger partial charge >= 0.3 is 0 Å². The van der Waals surface area contributed by atoms with Crippen LogP contribution in [-0.4, -0.2) is 6.54 Å². The number of hydrogen-bond acceptors (Lipinski definition) is 1. The highest BCUT2D eigenvalue weighted by atomic mass is 79.9. The number of benzene rings is 1. The molecule has 1 unspecified atom stereocenters. The molecule has 1 rings (SSSR count). The molecule has 0 saturated heterocycles. The third-order valence-electron chi connectivity index (χ3n) is 2.88. The van der Waals surface area contributed by atoms with Crippen LogP contribution >= 0.6 is 15.9 Å². The first kappa shape index (κ1) is 15.4. The van der Waals surface area contributed by atoms with E-state index in [4.69, 9.17) is 0 Å². The quantitative estimate of drug-likeness (QED) is 0.527. The van der Waals surface area contributed by atoms with Crippen molar-refractivity contribution in [1.29, 1.82) is 0 Å². The summed E-state index contributed by atoms with van der Waals surface area (Å²) >= 11 is 3.29. The van der Waals surface area contributed by atoms with Crippen LogP contribution in [0.3, 0.4) is 0 Å². The zero-order valence-corrected chi connectivity index (χ0v) is 12.5. The molecule has 1 atom stereocenters. The number of hydrogen-bond donors (Lipinski definition) is 1. The molecule has 0 amide bonds. The van der Waals surface area contributed by atoms with Gasteiger partial charge in [-0.15, -0.1) is 6.58 Å². The van der Waals surface area contributed by atoms with Gasteiger partial charge < -0.3 is 5.32 Å². The summed E-state index contributed by atoms with van der Waals surface area (Å²) in [5.74, 6) is -0.142. The van der Waals surface area contributed by atoms with Crippen LogP contribution in [0.15, 0.2) is 35.3 Å². The molecule has 0 radical (unpaired) electrons. The van der Waals surface area contributed by atoms with Gasteiger partial charge in [0.15, 0.2) is 0 Å². The Balaban J connectivity index is 2.76. The third kappa shape index (κ3) is 4.91. The zero-order valence-electron chi connectivity index (χ0n) is 10.9. The van der Waals surface area contributed by atoms with Crippen molar-refractivity contribution in [3.05, 3.63) is 46.7 Å². The van der Waals surface area contributed by atoms with Crippen LogP contribution in [0.1, 0.15) is 44.2 Å². The number of rotatable bonds is 8. The van der Waals surface area contributed by atoms with Gasteiger partial charge in [-0.1, -0.05) is 35.0 Å². The maximum atomic E-state index is 13.9. The van der Waals surface area contributed by atoms with Gasteiger partial charge in [0.1, 0.15) is 5.82 Å². The molecule has 1 N–H and O–H groups in total. The monoisotopic (exact) mass is 313 g/mol. The fraction of sp³-hybridized carbons (Fsp3) is 0.467. The van der Waals surface area contributed by atoms with E-state index >= 15 is 0 Å². The Morgan fingerprint density at radius 1 is 1.50 bits per heavy atom. The third-order valence-corrected chi connectivity index (χ3v) is 3.37. The van der Waals surface area contributed by atoms with E-state index in [9.17, 15) is 4.39 Å². The van der Waals surface area contributed by atoms with Crippen LogP contribution < -0.4 is 5.32 Å². The van der Waals surface area contributed by atoms with Gasteiger partial charge in [-0.25, -0.2) is 4.39 Å². The summed E-state index contributed by atoms with van der Waals surface area (Å²) in [7, 11) is 0. The molecule has 1 aromatic carbocycles. The molecule has 3 heteroatoms. The fourth-order valence-corrected chi connectivity index (χ4v) is 2.27. The minimum atomic E-state index is -0.142. The Hall–Kier alpha value is -0.670. The van der Waals surface area contributed by atoms with Crippen LogP contribution in [0.4, 0.5) is 4.39 Å². The van der Waals surface area contributed by atoms with Crippen molar-refractivity contribution in [3.8, 4) is 0 Å². The molecule has 1 nitrogen and oxygen atoms in total. The molecule has 0 saturated carbocycles. The summed E-state index contributed by atoms with van der Waals surface area (Å²) in [4.78, 5) is 0. The molecule has 0 aliphatic heterocycles. The van der Waals surface area contributed by atoms with Crippen molar-refractivity contribution in [2.45, 2.75) is 38.6 Å². The number of halogens is 2. The zero-order chi connectivity index (χ0) is 13.4. The molecular weight excluding hydrogens is 293 g/mol. The Morgan fingerprint density at radius 2 is 2.28 bits per heavy atom. The maximum absolute atomic E-state index is 13.9. The van der Waals surface area contributed by atoms with Gasteiger partial charge in [-0.3, -0.25) is 0 Å². The van der Waals surface area contributed by atoms with E-state index in [1.807, 2.05) is 18.2 Å². The number of nitrogens with one attached hydrogen (secondary N) is 1. The van der Waals surface area contributed by atoms with Gasteiger partial charge in [0.2, 0.25) is 0 Å². The minimum absolute atomic E-state index is 0.0954. The molecular formula is C15H21BrFN. The van der Waals surface area contributed by atoms with E-state index in [0.717, 1.165) is 42.3 Å². The van der Waals surface area contributed by atoms with Crippen LogP contribution in [0.25, 0.3) is 0 Å². The topological polar surface area (TPSA) is 12.0 Å². The van der Waals surface area contributed by atoms with Gasteiger partial charge in [0.05, 0.1) is 0 Å². The summed E-state index contributed by atoms with van der Waals surface area (Å²) in [6, 6.07) is 5.38. The molecule has 0 heterocycles. The first-order valence-electron chi connectivity index (χ1n) is 6.48. The van der Waals surface area contributed by atoms with Crippen molar-refractivity contribution < 1.29 is 4.39 Å². The van der Waals surface area contributed by atoms with E-state index in [1.54, 1.807) is 0 Å². The van der Waals surface area contributed by atoms with Crippen LogP contribution in [0.2, 0.25) is 0 Å². The number of unbranched alkanes of at least 4 members (excludes halogenated alkanes) is 1. The largest absolute Gasteiger partial charge is 0.310 e. The lowest BCUT2D eigenvalue weighted by Gasteiger charge is -2.19. The van der Waals surface area contributed by atoms with Gasteiger partial charge in [-0.2, -0.15) is 0 Å². The first-order valence-corrected chi connectivity index (χ1v) is 7.27. The summed E-state index contributed by atoms with van der Waals surface area (Å²) in [5.41, 5.74) is 0.760. The van der Waals surface area contributed by atoms with Crippen molar-refractivity contribution in [2.75, 3.05) is 6.54 Å². The second-order valence-electron chi connectivity index (χ2n) is 4.39. The lowest BCUT2D eigenvalue weighted by Crippen LogP contribution is -2.23. The Labute approximate surface area is 118 Å². The average molecular weight is 314 g/mol. The van der Waals surface area contributed by atoms with E-state index in [-0.39, 0.29) is 11.9 Å². The van der Waals surface area contributed by atoms with E-state index < -0.39 is 0 Å². The van der Waals surface area contributed by atoms with E-state index in [1.165, 1.54) is 6.07 Å². The van der Waals surface area contributed by atoms with Gasteiger partial charge in [0.25, 0.3) is 0 Å². The van der Waals surface area contributed by atoms with E-state index in [2.05, 4.69) is 34.7 Å². The molecule has 0 bridgehead atoms. The second-order valence-corrected chi connectivity index (χ2v) is 5.31. The molecule has 0 aliphatic carbocycles. The van der Waals surface area contributed by atoms with Crippen LogP contribution in [-0.2, 0) is 0 Å².